The van der Waals surface area contributed by atoms with Gasteiger partial charge < -0.3 is 20.9 Å². The van der Waals surface area contributed by atoms with E-state index in [-0.39, 0.29) is 23.3 Å². The van der Waals surface area contributed by atoms with Crippen molar-refractivity contribution in [3.63, 3.8) is 0 Å². The third-order valence-electron chi connectivity index (χ3n) is 6.67. The van der Waals surface area contributed by atoms with Crippen molar-refractivity contribution in [2.75, 3.05) is 11.5 Å². The molecule has 4 nitrogen and oxygen atoms in total. The first-order chi connectivity index (χ1) is 16.4. The third kappa shape index (κ3) is 4.00. The lowest BCUT2D eigenvalue weighted by molar-refractivity contribution is -0.137. The predicted octanol–water partition coefficient (Wildman–Crippen LogP) is 7.10. The normalized spacial score (nSPS) is 21.1. The van der Waals surface area contributed by atoms with E-state index in [1.165, 1.54) is 24.3 Å². The van der Waals surface area contributed by atoms with Gasteiger partial charge in [-0.05, 0) is 60.4 Å². The molecule has 3 aromatic carbocycles. The molecule has 3 aromatic rings. The number of alkyl halides is 6. The minimum absolute atomic E-state index is 0.0252. The van der Waals surface area contributed by atoms with Crippen molar-refractivity contribution in [3.8, 4) is 17.2 Å². The van der Waals surface area contributed by atoms with Crippen LogP contribution in [-0.2, 0) is 12.4 Å². The molecule has 0 aliphatic heterocycles. The summed E-state index contributed by atoms with van der Waals surface area (Å²) in [5.74, 6) is -0.00200. The first kappa shape index (κ1) is 23.2. The largest absolute Gasteiger partial charge is 0.487 e. The summed E-state index contributed by atoms with van der Waals surface area (Å²) in [6, 6.07) is 12.2. The smallest absolute Gasteiger partial charge is 0.418 e. The van der Waals surface area contributed by atoms with Crippen LogP contribution in [0.15, 0.2) is 54.6 Å². The fourth-order valence-electron chi connectivity index (χ4n) is 5.12. The molecule has 2 aliphatic carbocycles. The molecule has 5 rings (SSSR count). The number of hydrogen-bond donors (Lipinski definition) is 2. The van der Waals surface area contributed by atoms with Gasteiger partial charge in [-0.25, -0.2) is 0 Å². The molecule has 0 radical (unpaired) electrons. The molecule has 3 unspecified atom stereocenters. The molecule has 0 aromatic heterocycles. The van der Waals surface area contributed by atoms with Crippen LogP contribution in [0.1, 0.15) is 46.9 Å². The molecule has 184 valence electrons. The van der Waals surface area contributed by atoms with Crippen LogP contribution in [0.2, 0.25) is 0 Å². The van der Waals surface area contributed by atoms with Gasteiger partial charge in [0.25, 0.3) is 0 Å². The Morgan fingerprint density at radius 1 is 0.686 bits per heavy atom. The van der Waals surface area contributed by atoms with Gasteiger partial charge in [0, 0.05) is 11.8 Å². The van der Waals surface area contributed by atoms with Crippen molar-refractivity contribution in [2.45, 2.75) is 43.1 Å². The van der Waals surface area contributed by atoms with E-state index in [2.05, 4.69) is 0 Å². The van der Waals surface area contributed by atoms with Crippen LogP contribution in [-0.4, -0.2) is 6.10 Å². The summed E-state index contributed by atoms with van der Waals surface area (Å²) in [6.07, 6.45) is -8.09. The van der Waals surface area contributed by atoms with Crippen molar-refractivity contribution in [1.82, 2.24) is 0 Å². The van der Waals surface area contributed by atoms with Crippen molar-refractivity contribution in [1.29, 1.82) is 0 Å². The van der Waals surface area contributed by atoms with Gasteiger partial charge in [-0.1, -0.05) is 18.2 Å². The van der Waals surface area contributed by atoms with E-state index < -0.39 is 41.0 Å². The molecule has 1 saturated carbocycles. The molecule has 2 aliphatic rings. The van der Waals surface area contributed by atoms with Crippen LogP contribution in [0.25, 0.3) is 0 Å². The summed E-state index contributed by atoms with van der Waals surface area (Å²) >= 11 is 0. The van der Waals surface area contributed by atoms with Crippen LogP contribution >= 0.6 is 0 Å². The summed E-state index contributed by atoms with van der Waals surface area (Å²) in [6.45, 7) is 0. The molecule has 3 atom stereocenters. The Hall–Kier alpha value is -3.56. The van der Waals surface area contributed by atoms with E-state index in [9.17, 15) is 26.3 Å². The second kappa shape index (κ2) is 8.00. The second-order valence-corrected chi connectivity index (χ2v) is 8.70. The fourth-order valence-corrected chi connectivity index (χ4v) is 5.12. The molecule has 0 saturated heterocycles. The van der Waals surface area contributed by atoms with Crippen molar-refractivity contribution in [2.24, 2.45) is 0 Å². The Kier molecular flexibility index (Phi) is 5.30. The maximum absolute atomic E-state index is 13.2. The van der Waals surface area contributed by atoms with Gasteiger partial charge in [0.15, 0.2) is 5.75 Å². The number of nitrogens with two attached hydrogens (primary N) is 2. The van der Waals surface area contributed by atoms with Gasteiger partial charge in [0.05, 0.1) is 22.5 Å². The molecule has 35 heavy (non-hydrogen) atoms. The molecule has 1 fully saturated rings. The summed E-state index contributed by atoms with van der Waals surface area (Å²) < 4.78 is 91.0. The van der Waals surface area contributed by atoms with Crippen LogP contribution in [0.4, 0.5) is 37.7 Å². The highest BCUT2D eigenvalue weighted by Gasteiger charge is 2.48. The first-order valence-corrected chi connectivity index (χ1v) is 10.8. The molecule has 0 amide bonds. The highest BCUT2D eigenvalue weighted by Crippen LogP contribution is 2.56. The van der Waals surface area contributed by atoms with Crippen LogP contribution in [0, 0.1) is 0 Å². The van der Waals surface area contributed by atoms with E-state index in [1.54, 1.807) is 12.1 Å². The van der Waals surface area contributed by atoms with Crippen LogP contribution in [0.3, 0.4) is 0 Å². The van der Waals surface area contributed by atoms with E-state index in [1.807, 2.05) is 6.07 Å². The standard InChI is InChI=1S/C25H20F6N2O2/c26-24(27,28)17-3-1-5-19(21(17)32)34-12-7-8-13-14-9-10-15(16(13)11-12)23(14)35-20-6-2-4-18(22(20)33)25(29,30)31/h1-8,11,14-15,23H,9-10,32-33H2. The van der Waals surface area contributed by atoms with Crippen molar-refractivity contribution >= 4 is 11.4 Å². The fraction of sp³-hybridized carbons (Fsp3) is 0.280. The lowest BCUT2D eigenvalue weighted by Gasteiger charge is -2.21. The number of hydrogen-bond acceptors (Lipinski definition) is 4. The van der Waals surface area contributed by atoms with E-state index in [0.29, 0.717) is 5.75 Å². The summed E-state index contributed by atoms with van der Waals surface area (Å²) in [4.78, 5) is 0. The zero-order valence-corrected chi connectivity index (χ0v) is 18.1. The van der Waals surface area contributed by atoms with E-state index in [0.717, 1.165) is 36.1 Å². The number of nitrogen functional groups attached to an aromatic ring is 2. The number of rotatable bonds is 4. The Morgan fingerprint density at radius 2 is 1.23 bits per heavy atom. The Balaban J connectivity index is 1.41. The Morgan fingerprint density at radius 3 is 1.83 bits per heavy atom. The van der Waals surface area contributed by atoms with E-state index >= 15 is 0 Å². The number of benzene rings is 3. The molecule has 4 N–H and O–H groups in total. The third-order valence-corrected chi connectivity index (χ3v) is 6.67. The first-order valence-electron chi connectivity index (χ1n) is 10.8. The number of ether oxygens (including phenoxy) is 2. The zero-order chi connectivity index (χ0) is 25.1. The number of para-hydroxylation sites is 2. The zero-order valence-electron chi connectivity index (χ0n) is 18.1. The van der Waals surface area contributed by atoms with Crippen molar-refractivity contribution < 1.29 is 35.8 Å². The lowest BCUT2D eigenvalue weighted by atomic mass is 9.92. The summed E-state index contributed by atoms with van der Waals surface area (Å²) in [5.41, 5.74) is 10.4. The molecule has 10 heteroatoms. The van der Waals surface area contributed by atoms with Gasteiger partial charge >= 0.3 is 12.4 Å². The maximum atomic E-state index is 13.2. The molecule has 0 spiro atoms. The average Bonchev–Trinajstić information content (AvgIpc) is 3.30. The van der Waals surface area contributed by atoms with Gasteiger partial charge in [0.2, 0.25) is 0 Å². The van der Waals surface area contributed by atoms with Gasteiger partial charge in [-0.2, -0.15) is 26.3 Å². The topological polar surface area (TPSA) is 70.5 Å². The Labute approximate surface area is 196 Å². The second-order valence-electron chi connectivity index (χ2n) is 8.70. The van der Waals surface area contributed by atoms with Gasteiger partial charge in [-0.3, -0.25) is 0 Å². The molecule has 0 heterocycles. The molecular weight excluding hydrogens is 474 g/mol. The van der Waals surface area contributed by atoms with E-state index in [4.69, 9.17) is 20.9 Å². The molecule has 2 bridgehead atoms. The van der Waals surface area contributed by atoms with Gasteiger partial charge in [0.1, 0.15) is 17.6 Å². The maximum Gasteiger partial charge on any atom is 0.418 e. The minimum atomic E-state index is -4.61. The Bertz CT molecular complexity index is 1290. The van der Waals surface area contributed by atoms with Crippen LogP contribution < -0.4 is 20.9 Å². The summed E-state index contributed by atoms with van der Waals surface area (Å²) in [7, 11) is 0. The number of halogens is 6. The quantitative estimate of drug-likeness (QED) is 0.300. The summed E-state index contributed by atoms with van der Waals surface area (Å²) in [5, 5.41) is 0. The number of fused-ring (bicyclic) bond motifs is 5. The lowest BCUT2D eigenvalue weighted by Crippen LogP contribution is -2.21. The minimum Gasteiger partial charge on any atom is -0.487 e. The average molecular weight is 494 g/mol. The highest BCUT2D eigenvalue weighted by atomic mass is 19.4. The highest BCUT2D eigenvalue weighted by molar-refractivity contribution is 5.62. The van der Waals surface area contributed by atoms with Crippen LogP contribution in [0.5, 0.6) is 17.2 Å². The van der Waals surface area contributed by atoms with Crippen molar-refractivity contribution in [3.05, 3.63) is 76.9 Å². The van der Waals surface area contributed by atoms with Gasteiger partial charge in [-0.15, -0.1) is 0 Å². The SMILES string of the molecule is Nc1c(Oc2ccc3c(c2)C2CCC3C2Oc2cccc(C(F)(F)F)c2N)cccc1C(F)(F)F. The predicted molar refractivity (Wildman–Crippen MR) is 117 cm³/mol. The number of anilines is 2. The molecular formula is C25H20F6N2O2. The monoisotopic (exact) mass is 494 g/mol.